The Morgan fingerprint density at radius 1 is 1.11 bits per heavy atom. The van der Waals surface area contributed by atoms with Gasteiger partial charge in [-0.25, -0.2) is 0 Å². The van der Waals surface area contributed by atoms with Crippen LogP contribution in [-0.2, 0) is 0 Å². The van der Waals surface area contributed by atoms with Crippen molar-refractivity contribution in [2.45, 2.75) is 19.4 Å². The number of rotatable bonds is 5. The molecule has 1 heterocycles. The topological polar surface area (TPSA) is 12.0 Å². The summed E-state index contributed by atoms with van der Waals surface area (Å²) in [6.45, 7) is 2.99. The average Bonchev–Trinajstić information content (AvgIpc) is 2.79. The molecule has 0 aliphatic carbocycles. The Morgan fingerprint density at radius 2 is 1.79 bits per heavy atom. The number of benzene rings is 1. The van der Waals surface area contributed by atoms with Crippen molar-refractivity contribution in [3.63, 3.8) is 0 Å². The Kier molecular flexibility index (Phi) is 5.55. The minimum atomic E-state index is -0.0614. The highest BCUT2D eigenvalue weighted by atomic mass is 35.5. The van der Waals surface area contributed by atoms with Crippen molar-refractivity contribution in [1.82, 2.24) is 5.32 Å². The highest BCUT2D eigenvalue weighted by molar-refractivity contribution is 7.10. The third kappa shape index (κ3) is 3.45. The Morgan fingerprint density at radius 3 is 2.32 bits per heavy atom. The van der Waals surface area contributed by atoms with Gasteiger partial charge in [-0.15, -0.1) is 11.3 Å². The second-order valence-corrected chi connectivity index (χ2v) is 6.32. The maximum absolute atomic E-state index is 6.31. The standard InChI is InChI=1S/C14H14Cl3NS/c1-2-7-18-13(14-11(17)6-8-19-14)12-9(15)4-3-5-10(12)16/h3-6,8,13,18H,2,7H2,1H3. The van der Waals surface area contributed by atoms with Crippen LogP contribution >= 0.6 is 46.1 Å². The highest BCUT2D eigenvalue weighted by Gasteiger charge is 2.22. The van der Waals surface area contributed by atoms with E-state index in [1.807, 2.05) is 29.6 Å². The van der Waals surface area contributed by atoms with E-state index in [4.69, 9.17) is 34.8 Å². The third-order valence-corrected chi connectivity index (χ3v) is 4.88. The molecule has 1 atom stereocenters. The van der Waals surface area contributed by atoms with Gasteiger partial charge in [0.05, 0.1) is 11.1 Å². The smallest absolute Gasteiger partial charge is 0.0715 e. The molecule has 1 aromatic carbocycles. The predicted octanol–water partition coefficient (Wildman–Crippen LogP) is 5.80. The van der Waals surface area contributed by atoms with Crippen LogP contribution in [0.5, 0.6) is 0 Å². The summed E-state index contributed by atoms with van der Waals surface area (Å²) in [5, 5.41) is 7.50. The summed E-state index contributed by atoms with van der Waals surface area (Å²) in [5.41, 5.74) is 0.892. The third-order valence-electron chi connectivity index (χ3n) is 2.79. The zero-order valence-corrected chi connectivity index (χ0v) is 13.5. The van der Waals surface area contributed by atoms with Crippen molar-refractivity contribution in [1.29, 1.82) is 0 Å². The van der Waals surface area contributed by atoms with Gasteiger partial charge in [0.25, 0.3) is 0 Å². The predicted molar refractivity (Wildman–Crippen MR) is 85.9 cm³/mol. The van der Waals surface area contributed by atoms with Crippen molar-refractivity contribution >= 4 is 46.1 Å². The molecule has 1 unspecified atom stereocenters. The second kappa shape index (κ2) is 6.96. The lowest BCUT2D eigenvalue weighted by molar-refractivity contribution is 0.606. The van der Waals surface area contributed by atoms with Crippen LogP contribution in [0.1, 0.15) is 29.8 Å². The Labute approximate surface area is 132 Å². The zero-order valence-electron chi connectivity index (χ0n) is 10.4. The summed E-state index contributed by atoms with van der Waals surface area (Å²) in [7, 11) is 0. The van der Waals surface area contributed by atoms with Crippen molar-refractivity contribution in [3.8, 4) is 0 Å². The van der Waals surface area contributed by atoms with Gasteiger partial charge in [-0.2, -0.15) is 0 Å². The van der Waals surface area contributed by atoms with E-state index >= 15 is 0 Å². The Hall–Kier alpha value is -0.250. The molecular weight excluding hydrogens is 321 g/mol. The molecule has 0 bridgehead atoms. The normalized spacial score (nSPS) is 12.6. The summed E-state index contributed by atoms with van der Waals surface area (Å²) >= 11 is 20.5. The van der Waals surface area contributed by atoms with Gasteiger partial charge in [0.15, 0.2) is 0 Å². The molecule has 1 N–H and O–H groups in total. The first-order valence-corrected chi connectivity index (χ1v) is 8.06. The van der Waals surface area contributed by atoms with Gasteiger partial charge in [-0.05, 0) is 36.5 Å². The van der Waals surface area contributed by atoms with Crippen molar-refractivity contribution in [2.75, 3.05) is 6.54 Å². The van der Waals surface area contributed by atoms with Gasteiger partial charge < -0.3 is 5.32 Å². The van der Waals surface area contributed by atoms with Gasteiger partial charge in [0.2, 0.25) is 0 Å². The maximum atomic E-state index is 6.31. The summed E-state index contributed by atoms with van der Waals surface area (Å²) in [6.07, 6.45) is 1.03. The first-order chi connectivity index (χ1) is 9.15. The molecule has 0 radical (unpaired) electrons. The maximum Gasteiger partial charge on any atom is 0.0715 e. The Balaban J connectivity index is 2.46. The van der Waals surface area contributed by atoms with E-state index in [-0.39, 0.29) is 6.04 Å². The van der Waals surface area contributed by atoms with E-state index in [1.54, 1.807) is 11.3 Å². The molecule has 2 aromatic rings. The molecule has 5 heteroatoms. The first kappa shape index (κ1) is 15.1. The fourth-order valence-electron chi connectivity index (χ4n) is 1.91. The molecule has 0 saturated carbocycles. The monoisotopic (exact) mass is 333 g/mol. The molecule has 102 valence electrons. The molecule has 0 amide bonds. The summed E-state index contributed by atoms with van der Waals surface area (Å²) < 4.78 is 0. The van der Waals surface area contributed by atoms with Crippen LogP contribution in [0.15, 0.2) is 29.6 Å². The molecule has 0 spiro atoms. The molecule has 19 heavy (non-hydrogen) atoms. The molecule has 1 aromatic heterocycles. The van der Waals surface area contributed by atoms with Gasteiger partial charge in [0, 0.05) is 20.5 Å². The summed E-state index contributed by atoms with van der Waals surface area (Å²) in [6, 6.07) is 7.39. The minimum absolute atomic E-state index is 0.0614. The van der Waals surface area contributed by atoms with E-state index < -0.39 is 0 Å². The molecule has 0 aliphatic rings. The summed E-state index contributed by atoms with van der Waals surface area (Å²) in [4.78, 5) is 1.05. The van der Waals surface area contributed by atoms with Crippen molar-refractivity contribution in [2.24, 2.45) is 0 Å². The first-order valence-electron chi connectivity index (χ1n) is 6.05. The minimum Gasteiger partial charge on any atom is -0.305 e. The van der Waals surface area contributed by atoms with Crippen LogP contribution in [0.2, 0.25) is 15.1 Å². The Bertz CT molecular complexity index is 533. The largest absolute Gasteiger partial charge is 0.305 e. The van der Waals surface area contributed by atoms with Crippen LogP contribution in [0, 0.1) is 0 Å². The lowest BCUT2D eigenvalue weighted by Gasteiger charge is -2.20. The van der Waals surface area contributed by atoms with E-state index in [2.05, 4.69) is 12.2 Å². The van der Waals surface area contributed by atoms with Crippen LogP contribution in [0.25, 0.3) is 0 Å². The lowest BCUT2D eigenvalue weighted by atomic mass is 10.0. The van der Waals surface area contributed by atoms with Gasteiger partial charge in [0.1, 0.15) is 0 Å². The molecular formula is C14H14Cl3NS. The molecule has 0 saturated heterocycles. The van der Waals surface area contributed by atoms with Gasteiger partial charge in [-0.3, -0.25) is 0 Å². The molecule has 1 nitrogen and oxygen atoms in total. The van der Waals surface area contributed by atoms with E-state index in [9.17, 15) is 0 Å². The van der Waals surface area contributed by atoms with Crippen molar-refractivity contribution in [3.05, 3.63) is 55.2 Å². The van der Waals surface area contributed by atoms with Crippen LogP contribution in [-0.4, -0.2) is 6.54 Å². The number of hydrogen-bond donors (Lipinski definition) is 1. The molecule has 2 rings (SSSR count). The number of nitrogens with one attached hydrogen (secondary N) is 1. The average molecular weight is 335 g/mol. The van der Waals surface area contributed by atoms with Crippen LogP contribution in [0.4, 0.5) is 0 Å². The van der Waals surface area contributed by atoms with E-state index in [0.29, 0.717) is 10.0 Å². The lowest BCUT2D eigenvalue weighted by Crippen LogP contribution is -2.23. The van der Waals surface area contributed by atoms with Crippen LogP contribution in [0.3, 0.4) is 0 Å². The van der Waals surface area contributed by atoms with Gasteiger partial charge >= 0.3 is 0 Å². The zero-order chi connectivity index (χ0) is 13.8. The van der Waals surface area contributed by atoms with Crippen LogP contribution < -0.4 is 5.32 Å². The molecule has 0 aliphatic heterocycles. The number of thiophene rings is 1. The number of hydrogen-bond acceptors (Lipinski definition) is 2. The number of halogens is 3. The van der Waals surface area contributed by atoms with E-state index in [0.717, 1.165) is 28.4 Å². The van der Waals surface area contributed by atoms with Crippen molar-refractivity contribution < 1.29 is 0 Å². The second-order valence-electron chi connectivity index (χ2n) is 4.16. The quantitative estimate of drug-likeness (QED) is 0.729. The fourth-order valence-corrected chi connectivity index (χ4v) is 3.78. The highest BCUT2D eigenvalue weighted by Crippen LogP contribution is 2.39. The fraction of sp³-hybridized carbons (Fsp3) is 0.286. The van der Waals surface area contributed by atoms with E-state index in [1.165, 1.54) is 0 Å². The van der Waals surface area contributed by atoms with Gasteiger partial charge in [-0.1, -0.05) is 47.8 Å². The SMILES string of the molecule is CCCNC(c1sccc1Cl)c1c(Cl)cccc1Cl. The summed E-state index contributed by atoms with van der Waals surface area (Å²) in [5.74, 6) is 0. The molecule has 0 fully saturated rings.